The maximum absolute atomic E-state index is 9.47. The zero-order chi connectivity index (χ0) is 7.84. The highest BCUT2D eigenvalue weighted by Gasteiger charge is 2.29. The van der Waals surface area contributed by atoms with Crippen LogP contribution in [-0.2, 0) is 0 Å². The van der Waals surface area contributed by atoms with Crippen LogP contribution in [0.25, 0.3) is 0 Å². The molecule has 0 saturated heterocycles. The van der Waals surface area contributed by atoms with Crippen molar-refractivity contribution >= 4 is 0 Å². The molecule has 2 aliphatic carbocycles. The third-order valence-corrected chi connectivity index (χ3v) is 2.95. The molecule has 0 heterocycles. The van der Waals surface area contributed by atoms with Crippen LogP contribution in [0.2, 0.25) is 0 Å². The first-order valence-electron chi connectivity index (χ1n) is 4.59. The van der Waals surface area contributed by atoms with Crippen LogP contribution in [-0.4, -0.2) is 11.2 Å². The van der Waals surface area contributed by atoms with Gasteiger partial charge in [0.2, 0.25) is 0 Å². The van der Waals surface area contributed by atoms with Crippen molar-refractivity contribution in [3.05, 3.63) is 11.6 Å². The van der Waals surface area contributed by atoms with Gasteiger partial charge in [-0.15, -0.1) is 0 Å². The molecule has 1 saturated carbocycles. The number of hydrogen-bond donors (Lipinski definition) is 1. The molecule has 2 bridgehead atoms. The van der Waals surface area contributed by atoms with Gasteiger partial charge < -0.3 is 5.11 Å². The molecule has 0 spiro atoms. The van der Waals surface area contributed by atoms with Crippen LogP contribution < -0.4 is 0 Å². The van der Waals surface area contributed by atoms with Gasteiger partial charge in [-0.2, -0.15) is 0 Å². The lowest BCUT2D eigenvalue weighted by atomic mass is 9.72. The number of allylic oxidation sites excluding steroid dienone is 2. The Kier molecular flexibility index (Phi) is 1.76. The van der Waals surface area contributed by atoms with Crippen molar-refractivity contribution in [3.8, 4) is 0 Å². The average Bonchev–Trinajstić information content (AvgIpc) is 1.82. The van der Waals surface area contributed by atoms with Crippen LogP contribution in [0.3, 0.4) is 0 Å². The highest BCUT2D eigenvalue weighted by molar-refractivity contribution is 5.09. The molecule has 1 fully saturated rings. The molecule has 0 aliphatic heterocycles. The van der Waals surface area contributed by atoms with E-state index in [1.54, 1.807) is 0 Å². The molecule has 2 aliphatic rings. The van der Waals surface area contributed by atoms with Gasteiger partial charge in [0.25, 0.3) is 0 Å². The van der Waals surface area contributed by atoms with Crippen molar-refractivity contribution in [1.29, 1.82) is 0 Å². The quantitative estimate of drug-likeness (QED) is 0.527. The molecule has 0 unspecified atom stereocenters. The molecule has 2 rings (SSSR count). The lowest BCUT2D eigenvalue weighted by Gasteiger charge is -2.35. The number of fused-ring (bicyclic) bond motifs is 2. The van der Waals surface area contributed by atoms with E-state index in [1.165, 1.54) is 18.4 Å². The summed E-state index contributed by atoms with van der Waals surface area (Å²) in [6.07, 6.45) is 6.96. The molecule has 0 radical (unpaired) electrons. The van der Waals surface area contributed by atoms with Crippen molar-refractivity contribution in [3.63, 3.8) is 0 Å². The third-order valence-electron chi connectivity index (χ3n) is 2.95. The molecule has 0 aromatic carbocycles. The smallest absolute Gasteiger partial charge is 0.0548 e. The molecule has 1 nitrogen and oxygen atoms in total. The van der Waals surface area contributed by atoms with Crippen LogP contribution in [0.1, 0.15) is 32.6 Å². The zero-order valence-electron chi connectivity index (χ0n) is 7.09. The molecule has 0 amide bonds. The van der Waals surface area contributed by atoms with Gasteiger partial charge in [0.05, 0.1) is 6.10 Å². The second-order valence-corrected chi connectivity index (χ2v) is 4.20. The van der Waals surface area contributed by atoms with Crippen LogP contribution in [0.4, 0.5) is 0 Å². The van der Waals surface area contributed by atoms with E-state index < -0.39 is 0 Å². The van der Waals surface area contributed by atoms with Gasteiger partial charge in [0.1, 0.15) is 0 Å². The fourth-order valence-corrected chi connectivity index (χ4v) is 2.68. The van der Waals surface area contributed by atoms with Crippen molar-refractivity contribution in [2.24, 2.45) is 11.8 Å². The van der Waals surface area contributed by atoms with Crippen LogP contribution >= 0.6 is 0 Å². The number of hydrogen-bond acceptors (Lipinski definition) is 1. The molecule has 1 N–H and O–H groups in total. The predicted molar refractivity (Wildman–Crippen MR) is 45.2 cm³/mol. The van der Waals surface area contributed by atoms with E-state index >= 15 is 0 Å². The van der Waals surface area contributed by atoms with Crippen molar-refractivity contribution in [2.75, 3.05) is 0 Å². The van der Waals surface area contributed by atoms with E-state index in [9.17, 15) is 5.11 Å². The highest BCUT2D eigenvalue weighted by Crippen LogP contribution is 2.38. The number of aliphatic hydroxyl groups excluding tert-OH is 1. The first kappa shape index (κ1) is 7.35. The van der Waals surface area contributed by atoms with Crippen molar-refractivity contribution in [2.45, 2.75) is 38.7 Å². The van der Waals surface area contributed by atoms with Crippen molar-refractivity contribution in [1.82, 2.24) is 0 Å². The zero-order valence-corrected chi connectivity index (χ0v) is 7.09. The van der Waals surface area contributed by atoms with Gasteiger partial charge >= 0.3 is 0 Å². The fourth-order valence-electron chi connectivity index (χ4n) is 2.68. The van der Waals surface area contributed by atoms with E-state index in [0.29, 0.717) is 5.92 Å². The van der Waals surface area contributed by atoms with Gasteiger partial charge in [0.15, 0.2) is 0 Å². The Hall–Kier alpha value is -0.300. The summed E-state index contributed by atoms with van der Waals surface area (Å²) in [7, 11) is 0. The Balaban J connectivity index is 2.13. The summed E-state index contributed by atoms with van der Waals surface area (Å²) < 4.78 is 0. The minimum atomic E-state index is -0.0110. The Bertz CT molecular complexity index is 183. The van der Waals surface area contributed by atoms with Gasteiger partial charge in [-0.05, 0) is 44.4 Å². The summed E-state index contributed by atoms with van der Waals surface area (Å²) >= 11 is 0. The van der Waals surface area contributed by atoms with E-state index in [1.807, 2.05) is 0 Å². The van der Waals surface area contributed by atoms with Gasteiger partial charge in [-0.25, -0.2) is 0 Å². The van der Waals surface area contributed by atoms with Gasteiger partial charge in [-0.1, -0.05) is 11.6 Å². The molecule has 1 heteroatoms. The summed E-state index contributed by atoms with van der Waals surface area (Å²) in [5.74, 6) is 1.48. The Morgan fingerprint density at radius 2 is 2.18 bits per heavy atom. The maximum atomic E-state index is 9.47. The first-order chi connectivity index (χ1) is 5.24. The first-order valence-corrected chi connectivity index (χ1v) is 4.59. The molecule has 0 aromatic heterocycles. The van der Waals surface area contributed by atoms with E-state index in [0.717, 1.165) is 18.8 Å². The lowest BCUT2D eigenvalue weighted by Crippen LogP contribution is -2.28. The van der Waals surface area contributed by atoms with Crippen LogP contribution in [0, 0.1) is 11.8 Å². The fraction of sp³-hybridized carbons (Fsp3) is 0.800. The van der Waals surface area contributed by atoms with E-state index in [-0.39, 0.29) is 6.10 Å². The van der Waals surface area contributed by atoms with Gasteiger partial charge in [0, 0.05) is 0 Å². The van der Waals surface area contributed by atoms with Crippen LogP contribution in [0.15, 0.2) is 11.6 Å². The minimum Gasteiger partial charge on any atom is -0.393 e. The Morgan fingerprint density at radius 1 is 1.36 bits per heavy atom. The standard InChI is InChI=1S/C10H16O/c1-7-2-8-4-9(3-7)6-10(11)5-8/h2,8-11H,3-6H2,1H3/t8-,9+,10+/m1/s1. The second kappa shape index (κ2) is 2.63. The normalized spacial score (nSPS) is 43.5. The lowest BCUT2D eigenvalue weighted by molar-refractivity contribution is 0.0772. The Morgan fingerprint density at radius 3 is 2.91 bits per heavy atom. The molecule has 11 heavy (non-hydrogen) atoms. The van der Waals surface area contributed by atoms with Gasteiger partial charge in [-0.3, -0.25) is 0 Å². The molecule has 62 valence electrons. The monoisotopic (exact) mass is 152 g/mol. The number of rotatable bonds is 0. The maximum Gasteiger partial charge on any atom is 0.0548 e. The molecular formula is C10H16O. The topological polar surface area (TPSA) is 20.2 Å². The number of aliphatic hydroxyl groups is 1. The summed E-state index contributed by atoms with van der Waals surface area (Å²) in [5, 5.41) is 9.47. The summed E-state index contributed by atoms with van der Waals surface area (Å²) in [5.41, 5.74) is 1.54. The van der Waals surface area contributed by atoms with Crippen LogP contribution in [0.5, 0.6) is 0 Å². The Labute approximate surface area is 68.1 Å². The minimum absolute atomic E-state index is 0.0110. The molecule has 0 aromatic rings. The highest BCUT2D eigenvalue weighted by atomic mass is 16.3. The SMILES string of the molecule is CC1=C[C@H]2C[C@H](O)C[C@@H](C1)C2. The second-order valence-electron chi connectivity index (χ2n) is 4.20. The summed E-state index contributed by atoms with van der Waals surface area (Å²) in [6, 6.07) is 0. The predicted octanol–water partition coefficient (Wildman–Crippen LogP) is 2.11. The summed E-state index contributed by atoms with van der Waals surface area (Å²) in [6.45, 7) is 2.22. The average molecular weight is 152 g/mol. The van der Waals surface area contributed by atoms with E-state index in [2.05, 4.69) is 13.0 Å². The molecule has 3 atom stereocenters. The van der Waals surface area contributed by atoms with E-state index in [4.69, 9.17) is 0 Å². The third kappa shape index (κ3) is 1.48. The van der Waals surface area contributed by atoms with Crippen molar-refractivity contribution < 1.29 is 5.11 Å². The largest absolute Gasteiger partial charge is 0.393 e. The molecular weight excluding hydrogens is 136 g/mol. The summed E-state index contributed by atoms with van der Waals surface area (Å²) in [4.78, 5) is 0.